The zero-order chi connectivity index (χ0) is 15.8. The van der Waals surface area contributed by atoms with Crippen LogP contribution in [0.3, 0.4) is 0 Å². The molecule has 5 nitrogen and oxygen atoms in total. The molecule has 0 heterocycles. The fourth-order valence-electron chi connectivity index (χ4n) is 2.16. The van der Waals surface area contributed by atoms with E-state index in [1.54, 1.807) is 7.11 Å². The van der Waals surface area contributed by atoms with Gasteiger partial charge in [-0.05, 0) is 37.5 Å². The number of benzene rings is 1. The second-order valence-corrected chi connectivity index (χ2v) is 5.08. The molecule has 1 aromatic rings. The van der Waals surface area contributed by atoms with Crippen LogP contribution in [0.1, 0.15) is 44.6 Å². The van der Waals surface area contributed by atoms with Crippen molar-refractivity contribution in [1.82, 2.24) is 5.32 Å². The zero-order valence-electron chi connectivity index (χ0n) is 12.8. The molecule has 1 amide bonds. The Labute approximate surface area is 125 Å². The molecule has 2 atom stereocenters. The first-order valence-corrected chi connectivity index (χ1v) is 7.14. The van der Waals surface area contributed by atoms with E-state index in [2.05, 4.69) is 5.32 Å². The average molecular weight is 293 g/mol. The van der Waals surface area contributed by atoms with Gasteiger partial charge in [-0.1, -0.05) is 19.1 Å². The summed E-state index contributed by atoms with van der Waals surface area (Å²) in [4.78, 5) is 22.8. The van der Waals surface area contributed by atoms with Crippen LogP contribution in [0.15, 0.2) is 24.3 Å². The number of hydrogen-bond donors (Lipinski definition) is 2. The Morgan fingerprint density at radius 2 is 1.90 bits per heavy atom. The minimum atomic E-state index is -0.849. The Balaban J connectivity index is 2.65. The van der Waals surface area contributed by atoms with Gasteiger partial charge in [0.2, 0.25) is 5.91 Å². The number of ether oxygens (including phenoxy) is 1. The maximum atomic E-state index is 12.3. The predicted octanol–water partition coefficient (Wildman–Crippen LogP) is 2.56. The second-order valence-electron chi connectivity index (χ2n) is 5.08. The average Bonchev–Trinajstić information content (AvgIpc) is 2.46. The maximum Gasteiger partial charge on any atom is 0.303 e. The summed E-state index contributed by atoms with van der Waals surface area (Å²) in [6.45, 7) is 3.78. The van der Waals surface area contributed by atoms with Crippen LogP contribution in [0.2, 0.25) is 0 Å². The molecule has 0 bridgehead atoms. The van der Waals surface area contributed by atoms with E-state index in [9.17, 15) is 9.59 Å². The van der Waals surface area contributed by atoms with Crippen molar-refractivity contribution in [3.05, 3.63) is 29.8 Å². The zero-order valence-corrected chi connectivity index (χ0v) is 12.8. The first kappa shape index (κ1) is 17.0. The molecular weight excluding hydrogens is 270 g/mol. The van der Waals surface area contributed by atoms with Crippen molar-refractivity contribution in [2.24, 2.45) is 0 Å². The van der Waals surface area contributed by atoms with Crippen LogP contribution >= 0.6 is 0 Å². The fraction of sp³-hybridized carbons (Fsp3) is 0.500. The van der Waals surface area contributed by atoms with Gasteiger partial charge in [0.25, 0.3) is 0 Å². The third-order valence-electron chi connectivity index (χ3n) is 3.42. The minimum Gasteiger partial charge on any atom is -0.497 e. The highest BCUT2D eigenvalue weighted by Crippen LogP contribution is 2.22. The predicted molar refractivity (Wildman–Crippen MR) is 80.5 cm³/mol. The van der Waals surface area contributed by atoms with Crippen LogP contribution in [0.4, 0.5) is 0 Å². The Bertz CT molecular complexity index is 470. The minimum absolute atomic E-state index is 0.0563. The highest BCUT2D eigenvalue weighted by atomic mass is 16.5. The molecule has 21 heavy (non-hydrogen) atoms. The maximum absolute atomic E-state index is 12.3. The summed E-state index contributed by atoms with van der Waals surface area (Å²) in [5.74, 6) is -0.397. The number of carboxylic acid groups (broad SMARTS) is 1. The van der Waals surface area contributed by atoms with Gasteiger partial charge >= 0.3 is 5.97 Å². The number of amides is 1. The quantitative estimate of drug-likeness (QED) is 0.772. The van der Waals surface area contributed by atoms with Crippen LogP contribution in [-0.2, 0) is 9.59 Å². The Hall–Kier alpha value is -2.04. The lowest BCUT2D eigenvalue weighted by atomic mass is 9.95. The topological polar surface area (TPSA) is 75.6 Å². The van der Waals surface area contributed by atoms with E-state index >= 15 is 0 Å². The summed E-state index contributed by atoms with van der Waals surface area (Å²) < 4.78 is 5.11. The van der Waals surface area contributed by atoms with Crippen molar-refractivity contribution < 1.29 is 19.4 Å². The highest BCUT2D eigenvalue weighted by Gasteiger charge is 2.20. The van der Waals surface area contributed by atoms with Crippen LogP contribution < -0.4 is 10.1 Å². The summed E-state index contributed by atoms with van der Waals surface area (Å²) >= 11 is 0. The number of carbonyl (C=O) groups is 2. The number of carboxylic acids is 1. The number of methoxy groups -OCH3 is 1. The van der Waals surface area contributed by atoms with Gasteiger partial charge in [0, 0.05) is 12.5 Å². The van der Waals surface area contributed by atoms with Crippen molar-refractivity contribution in [3.63, 3.8) is 0 Å². The van der Waals surface area contributed by atoms with Gasteiger partial charge in [-0.2, -0.15) is 0 Å². The molecule has 116 valence electrons. The van der Waals surface area contributed by atoms with Gasteiger partial charge in [-0.25, -0.2) is 0 Å². The van der Waals surface area contributed by atoms with E-state index in [0.717, 1.165) is 11.3 Å². The molecule has 2 unspecified atom stereocenters. The molecule has 0 saturated heterocycles. The number of aliphatic carboxylic acids is 1. The molecule has 0 saturated carbocycles. The van der Waals surface area contributed by atoms with Crippen molar-refractivity contribution >= 4 is 11.9 Å². The lowest BCUT2D eigenvalue weighted by Gasteiger charge is -2.19. The van der Waals surface area contributed by atoms with Gasteiger partial charge in [-0.3, -0.25) is 9.59 Å². The highest BCUT2D eigenvalue weighted by molar-refractivity contribution is 5.83. The molecule has 0 aromatic heterocycles. The molecule has 0 radical (unpaired) electrons. The van der Waals surface area contributed by atoms with E-state index in [4.69, 9.17) is 9.84 Å². The molecule has 1 rings (SSSR count). The van der Waals surface area contributed by atoms with Gasteiger partial charge in [0.05, 0.1) is 13.0 Å². The SMILES string of the molecule is CCC(C(=O)NC(C)CCC(=O)O)c1ccc(OC)cc1. The Kier molecular flexibility index (Phi) is 6.72. The monoisotopic (exact) mass is 293 g/mol. The second kappa shape index (κ2) is 8.29. The molecule has 0 spiro atoms. The third-order valence-corrected chi connectivity index (χ3v) is 3.42. The lowest BCUT2D eigenvalue weighted by molar-refractivity contribution is -0.137. The summed E-state index contributed by atoms with van der Waals surface area (Å²) in [6.07, 6.45) is 1.17. The summed E-state index contributed by atoms with van der Waals surface area (Å²) in [5.41, 5.74) is 0.932. The first-order chi connectivity index (χ1) is 9.97. The molecule has 0 aliphatic carbocycles. The van der Waals surface area contributed by atoms with Crippen LogP contribution in [-0.4, -0.2) is 30.1 Å². The normalized spacial score (nSPS) is 13.3. The lowest BCUT2D eigenvalue weighted by Crippen LogP contribution is -2.36. The van der Waals surface area contributed by atoms with Crippen molar-refractivity contribution in [3.8, 4) is 5.75 Å². The molecule has 0 aliphatic rings. The van der Waals surface area contributed by atoms with Crippen LogP contribution in [0, 0.1) is 0 Å². The van der Waals surface area contributed by atoms with E-state index in [-0.39, 0.29) is 24.3 Å². The van der Waals surface area contributed by atoms with Gasteiger partial charge < -0.3 is 15.2 Å². The van der Waals surface area contributed by atoms with Crippen molar-refractivity contribution in [2.45, 2.75) is 45.1 Å². The molecule has 1 aromatic carbocycles. The fourth-order valence-corrected chi connectivity index (χ4v) is 2.16. The van der Waals surface area contributed by atoms with E-state index in [1.807, 2.05) is 38.1 Å². The summed E-state index contributed by atoms with van der Waals surface area (Å²) in [6, 6.07) is 7.28. The number of carbonyl (C=O) groups excluding carboxylic acids is 1. The van der Waals surface area contributed by atoms with Crippen molar-refractivity contribution in [1.29, 1.82) is 0 Å². The van der Waals surface area contributed by atoms with E-state index in [0.29, 0.717) is 12.8 Å². The molecule has 0 aliphatic heterocycles. The molecular formula is C16H23NO4. The van der Waals surface area contributed by atoms with Crippen LogP contribution in [0.5, 0.6) is 5.75 Å². The van der Waals surface area contributed by atoms with E-state index in [1.165, 1.54) is 0 Å². The Morgan fingerprint density at radius 1 is 1.29 bits per heavy atom. The standard InChI is InChI=1S/C16H23NO4/c1-4-14(12-6-8-13(21-3)9-7-12)16(20)17-11(2)5-10-15(18)19/h6-9,11,14H,4-5,10H2,1-3H3,(H,17,20)(H,18,19). The van der Waals surface area contributed by atoms with Crippen molar-refractivity contribution in [2.75, 3.05) is 7.11 Å². The molecule has 2 N–H and O–H groups in total. The third kappa shape index (κ3) is 5.45. The van der Waals surface area contributed by atoms with E-state index < -0.39 is 5.97 Å². The number of rotatable bonds is 8. The first-order valence-electron chi connectivity index (χ1n) is 7.14. The van der Waals surface area contributed by atoms with Gasteiger partial charge in [0.1, 0.15) is 5.75 Å². The summed E-state index contributed by atoms with van der Waals surface area (Å²) in [5, 5.41) is 11.5. The van der Waals surface area contributed by atoms with Crippen LogP contribution in [0.25, 0.3) is 0 Å². The van der Waals surface area contributed by atoms with Gasteiger partial charge in [-0.15, -0.1) is 0 Å². The summed E-state index contributed by atoms with van der Waals surface area (Å²) in [7, 11) is 1.60. The van der Waals surface area contributed by atoms with Gasteiger partial charge in [0.15, 0.2) is 0 Å². The Morgan fingerprint density at radius 3 is 2.38 bits per heavy atom. The number of hydrogen-bond acceptors (Lipinski definition) is 3. The number of nitrogens with one attached hydrogen (secondary N) is 1. The largest absolute Gasteiger partial charge is 0.497 e. The molecule has 0 fully saturated rings. The smallest absolute Gasteiger partial charge is 0.303 e. The molecule has 5 heteroatoms.